The van der Waals surface area contributed by atoms with Crippen molar-refractivity contribution in [2.24, 2.45) is 5.92 Å². The van der Waals surface area contributed by atoms with Crippen molar-refractivity contribution >= 4 is 22.8 Å². The number of rotatable bonds is 6. The summed E-state index contributed by atoms with van der Waals surface area (Å²) in [6, 6.07) is 16.7. The van der Waals surface area contributed by atoms with Crippen molar-refractivity contribution in [3.05, 3.63) is 77.5 Å². The van der Waals surface area contributed by atoms with Crippen molar-refractivity contribution < 1.29 is 9.18 Å². The summed E-state index contributed by atoms with van der Waals surface area (Å²) in [5.41, 5.74) is 3.60. The summed E-state index contributed by atoms with van der Waals surface area (Å²) in [5.74, 6) is 2.09. The molecule has 0 unspecified atom stereocenters. The molecule has 1 saturated heterocycles. The molecule has 4 aromatic rings. The number of carbonyl (C=O) groups is 1. The first-order valence-corrected chi connectivity index (χ1v) is 13.1. The first-order chi connectivity index (χ1) is 18.0. The number of anilines is 1. The summed E-state index contributed by atoms with van der Waals surface area (Å²) in [7, 11) is 0. The Hall–Kier alpha value is -3.81. The molecular formula is C29H31FN6O. The quantitative estimate of drug-likeness (QED) is 0.387. The maximum atomic E-state index is 13.6. The number of fused-ring (bicyclic) bond motifs is 1. The molecule has 1 amide bonds. The van der Waals surface area contributed by atoms with Crippen molar-refractivity contribution in [1.82, 2.24) is 24.6 Å². The van der Waals surface area contributed by atoms with Crippen LogP contribution < -0.4 is 4.90 Å². The average molecular weight is 499 g/mol. The fourth-order valence-electron chi connectivity index (χ4n) is 5.44. The molecule has 1 saturated carbocycles. The number of hydrogen-bond donors (Lipinski definition) is 0. The number of amides is 1. The van der Waals surface area contributed by atoms with Gasteiger partial charge in [-0.05, 0) is 55.5 Å². The molecule has 0 bridgehead atoms. The Morgan fingerprint density at radius 3 is 2.43 bits per heavy atom. The van der Waals surface area contributed by atoms with E-state index in [1.165, 1.54) is 17.7 Å². The van der Waals surface area contributed by atoms with Crippen LogP contribution in [-0.4, -0.2) is 56.7 Å². The Kier molecular flexibility index (Phi) is 6.10. The molecule has 2 atom stereocenters. The summed E-state index contributed by atoms with van der Waals surface area (Å²) in [4.78, 5) is 27.3. The molecule has 1 aliphatic heterocycles. The molecule has 2 aliphatic rings. The van der Waals surface area contributed by atoms with Crippen LogP contribution in [0, 0.1) is 18.7 Å². The van der Waals surface area contributed by atoms with Crippen LogP contribution in [0.2, 0.25) is 0 Å². The van der Waals surface area contributed by atoms with E-state index >= 15 is 0 Å². The maximum Gasteiger partial charge on any atom is 0.226 e. The van der Waals surface area contributed by atoms with Gasteiger partial charge in [0.05, 0.1) is 16.8 Å². The van der Waals surface area contributed by atoms with E-state index in [-0.39, 0.29) is 17.6 Å². The minimum Gasteiger partial charge on any atom is -0.352 e. The van der Waals surface area contributed by atoms with E-state index in [1.54, 1.807) is 16.8 Å². The zero-order valence-corrected chi connectivity index (χ0v) is 21.3. The number of aromatic nitrogens is 4. The van der Waals surface area contributed by atoms with Gasteiger partial charge in [-0.2, -0.15) is 5.10 Å². The van der Waals surface area contributed by atoms with Crippen LogP contribution in [0.3, 0.4) is 0 Å². The van der Waals surface area contributed by atoms with Gasteiger partial charge in [0, 0.05) is 38.5 Å². The fraction of sp³-hybridized carbons (Fsp3) is 0.379. The van der Waals surface area contributed by atoms with E-state index in [0.717, 1.165) is 53.3 Å². The van der Waals surface area contributed by atoms with Gasteiger partial charge < -0.3 is 9.80 Å². The lowest BCUT2D eigenvalue weighted by molar-refractivity contribution is -0.133. The number of aryl methyl sites for hydroxylation is 2. The third-order valence-corrected chi connectivity index (χ3v) is 7.50. The zero-order chi connectivity index (χ0) is 25.5. The first kappa shape index (κ1) is 23.6. The summed E-state index contributed by atoms with van der Waals surface area (Å²) in [6.45, 7) is 6.86. The van der Waals surface area contributed by atoms with E-state index in [2.05, 4.69) is 24.0 Å². The second-order valence-corrected chi connectivity index (χ2v) is 10.1. The van der Waals surface area contributed by atoms with E-state index in [4.69, 9.17) is 15.1 Å². The summed E-state index contributed by atoms with van der Waals surface area (Å²) in [5, 5.41) is 5.67. The van der Waals surface area contributed by atoms with Crippen LogP contribution in [0.1, 0.15) is 42.8 Å². The van der Waals surface area contributed by atoms with Crippen LogP contribution in [0.25, 0.3) is 16.7 Å². The third-order valence-electron chi connectivity index (χ3n) is 7.50. The predicted molar refractivity (Wildman–Crippen MR) is 141 cm³/mol. The molecule has 190 valence electrons. The number of carbonyl (C=O) groups excluding carboxylic acids is 1. The third kappa shape index (κ3) is 4.45. The highest BCUT2D eigenvalue weighted by Crippen LogP contribution is 2.48. The lowest BCUT2D eigenvalue weighted by Crippen LogP contribution is -2.49. The summed E-state index contributed by atoms with van der Waals surface area (Å²) < 4.78 is 15.3. The molecule has 8 heteroatoms. The number of hydrogen-bond acceptors (Lipinski definition) is 5. The van der Waals surface area contributed by atoms with Crippen molar-refractivity contribution in [2.45, 2.75) is 39.0 Å². The number of benzene rings is 2. The summed E-state index contributed by atoms with van der Waals surface area (Å²) in [6.07, 6.45) is 2.64. The summed E-state index contributed by atoms with van der Waals surface area (Å²) >= 11 is 0. The molecular weight excluding hydrogens is 467 g/mol. The highest BCUT2D eigenvalue weighted by Gasteiger charge is 2.46. The average Bonchev–Trinajstić information content (AvgIpc) is 3.66. The van der Waals surface area contributed by atoms with Gasteiger partial charge >= 0.3 is 0 Å². The van der Waals surface area contributed by atoms with Crippen molar-refractivity contribution in [3.8, 4) is 5.69 Å². The van der Waals surface area contributed by atoms with Gasteiger partial charge in [0.15, 0.2) is 5.65 Å². The van der Waals surface area contributed by atoms with Gasteiger partial charge in [0.1, 0.15) is 17.5 Å². The molecule has 3 heterocycles. The molecule has 0 N–H and O–H groups in total. The Morgan fingerprint density at radius 2 is 1.73 bits per heavy atom. The van der Waals surface area contributed by atoms with Crippen molar-refractivity contribution in [3.63, 3.8) is 0 Å². The number of nitrogens with zero attached hydrogens (tertiary/aromatic N) is 6. The smallest absolute Gasteiger partial charge is 0.226 e. The maximum absolute atomic E-state index is 13.6. The van der Waals surface area contributed by atoms with Gasteiger partial charge in [0.2, 0.25) is 5.91 Å². The Balaban J connectivity index is 1.24. The molecule has 6 rings (SSSR count). The standard InChI is InChI=1S/C29H31FN6O/c1-3-7-25-31-27(26-19(2)33-36(28(26)32-25)22-12-10-21(30)11-13-22)34-14-16-35(17-15-34)29(37)24-18-23(24)20-8-5-4-6-9-20/h4-6,8-13,23-24H,3,7,14-18H2,1-2H3/t23-,24+/m0/s1. The minimum atomic E-state index is -0.285. The lowest BCUT2D eigenvalue weighted by atomic mass is 10.1. The van der Waals surface area contributed by atoms with Crippen molar-refractivity contribution in [2.75, 3.05) is 31.1 Å². The van der Waals surface area contributed by atoms with E-state index in [1.807, 2.05) is 30.0 Å². The molecule has 2 aromatic carbocycles. The fourth-order valence-corrected chi connectivity index (χ4v) is 5.44. The Bertz CT molecular complexity index is 1430. The normalized spacial score (nSPS) is 19.4. The van der Waals surface area contributed by atoms with Gasteiger partial charge in [0.25, 0.3) is 0 Å². The van der Waals surface area contributed by atoms with E-state index in [0.29, 0.717) is 32.1 Å². The predicted octanol–water partition coefficient (Wildman–Crippen LogP) is 4.67. The zero-order valence-electron chi connectivity index (χ0n) is 21.3. The Labute approximate surface area is 215 Å². The first-order valence-electron chi connectivity index (χ1n) is 13.1. The molecule has 2 aromatic heterocycles. The molecule has 0 radical (unpaired) electrons. The van der Waals surface area contributed by atoms with Gasteiger partial charge in [-0.15, -0.1) is 0 Å². The molecule has 0 spiro atoms. The highest BCUT2D eigenvalue weighted by atomic mass is 19.1. The van der Waals surface area contributed by atoms with Crippen LogP contribution in [0.15, 0.2) is 54.6 Å². The largest absolute Gasteiger partial charge is 0.352 e. The molecule has 1 aliphatic carbocycles. The minimum absolute atomic E-state index is 0.104. The second-order valence-electron chi connectivity index (χ2n) is 10.1. The monoisotopic (exact) mass is 498 g/mol. The number of halogens is 1. The van der Waals surface area contributed by atoms with E-state index < -0.39 is 0 Å². The van der Waals surface area contributed by atoms with Crippen LogP contribution in [0.4, 0.5) is 10.2 Å². The topological polar surface area (TPSA) is 67.2 Å². The highest BCUT2D eigenvalue weighted by molar-refractivity contribution is 5.91. The van der Waals surface area contributed by atoms with Crippen LogP contribution in [0.5, 0.6) is 0 Å². The van der Waals surface area contributed by atoms with E-state index in [9.17, 15) is 9.18 Å². The Morgan fingerprint density at radius 1 is 1.00 bits per heavy atom. The second kappa shape index (κ2) is 9.57. The van der Waals surface area contributed by atoms with Crippen LogP contribution in [-0.2, 0) is 11.2 Å². The number of piperazine rings is 1. The SMILES string of the molecule is CCCc1nc(N2CCN(C(=O)[C@@H]3C[C@H]3c3ccccc3)CC2)c2c(C)nn(-c3ccc(F)cc3)c2n1. The van der Waals surface area contributed by atoms with Gasteiger partial charge in [-0.1, -0.05) is 37.3 Å². The van der Waals surface area contributed by atoms with Crippen molar-refractivity contribution in [1.29, 1.82) is 0 Å². The van der Waals surface area contributed by atoms with Crippen LogP contribution >= 0.6 is 0 Å². The van der Waals surface area contributed by atoms with Gasteiger partial charge in [-0.3, -0.25) is 4.79 Å². The molecule has 37 heavy (non-hydrogen) atoms. The molecule has 2 fully saturated rings. The molecule has 7 nitrogen and oxygen atoms in total. The van der Waals surface area contributed by atoms with Gasteiger partial charge in [-0.25, -0.2) is 19.0 Å². The lowest BCUT2D eigenvalue weighted by Gasteiger charge is -2.36.